The average Bonchev–Trinajstić information content (AvgIpc) is 2.05. The Kier molecular flexibility index (Phi) is 4.84. The van der Waals surface area contributed by atoms with E-state index in [2.05, 4.69) is 5.92 Å². The smallest absolute Gasteiger partial charge is 0.156 e. The summed E-state index contributed by atoms with van der Waals surface area (Å²) in [4.78, 5) is 0. The highest BCUT2D eigenvalue weighted by molar-refractivity contribution is 4.85. The summed E-state index contributed by atoms with van der Waals surface area (Å²) in [7, 11) is 0. The molecule has 11 heavy (non-hydrogen) atoms. The van der Waals surface area contributed by atoms with Crippen molar-refractivity contribution in [3.63, 3.8) is 0 Å². The van der Waals surface area contributed by atoms with Crippen LogP contribution in [0.25, 0.3) is 0 Å². The molecule has 0 heterocycles. The van der Waals surface area contributed by atoms with Crippen molar-refractivity contribution in [1.29, 1.82) is 0 Å². The number of terminal acetylenes is 1. The molecule has 3 heteroatoms. The lowest BCUT2D eigenvalue weighted by atomic mass is 10.0. The SMILES string of the molecule is C#CCCCC(F)(CO)CO. The van der Waals surface area contributed by atoms with Crippen molar-refractivity contribution in [2.24, 2.45) is 0 Å². The summed E-state index contributed by atoms with van der Waals surface area (Å²) in [6.07, 6.45) is 6.03. The molecule has 0 aromatic carbocycles. The Bertz CT molecular complexity index is 136. The van der Waals surface area contributed by atoms with Crippen LogP contribution < -0.4 is 0 Å². The van der Waals surface area contributed by atoms with Crippen molar-refractivity contribution in [2.75, 3.05) is 13.2 Å². The highest BCUT2D eigenvalue weighted by Crippen LogP contribution is 2.17. The third-order valence-electron chi connectivity index (χ3n) is 1.51. The molecule has 0 aliphatic carbocycles. The molecule has 0 radical (unpaired) electrons. The van der Waals surface area contributed by atoms with Crippen molar-refractivity contribution in [3.8, 4) is 12.3 Å². The Morgan fingerprint density at radius 3 is 2.27 bits per heavy atom. The molecule has 0 aromatic heterocycles. The van der Waals surface area contributed by atoms with E-state index >= 15 is 0 Å². The molecule has 0 aliphatic rings. The standard InChI is InChI=1S/C8H13FO2/c1-2-3-4-5-8(9,6-10)7-11/h1,10-11H,3-7H2. The van der Waals surface area contributed by atoms with E-state index < -0.39 is 18.9 Å². The van der Waals surface area contributed by atoms with Gasteiger partial charge in [-0.15, -0.1) is 12.3 Å². The molecule has 0 atom stereocenters. The third kappa shape index (κ3) is 3.97. The molecule has 2 N–H and O–H groups in total. The maximum absolute atomic E-state index is 13.0. The van der Waals surface area contributed by atoms with E-state index in [1.165, 1.54) is 0 Å². The van der Waals surface area contributed by atoms with Crippen LogP contribution in [0.2, 0.25) is 0 Å². The predicted molar refractivity (Wildman–Crippen MR) is 40.7 cm³/mol. The molecule has 0 rings (SSSR count). The minimum Gasteiger partial charge on any atom is -0.393 e. The molecular weight excluding hydrogens is 147 g/mol. The van der Waals surface area contributed by atoms with Crippen molar-refractivity contribution >= 4 is 0 Å². The number of rotatable bonds is 5. The van der Waals surface area contributed by atoms with Gasteiger partial charge in [0.05, 0.1) is 13.2 Å². The van der Waals surface area contributed by atoms with E-state index in [1.54, 1.807) is 0 Å². The fourth-order valence-electron chi connectivity index (χ4n) is 0.715. The van der Waals surface area contributed by atoms with Crippen LogP contribution in [-0.4, -0.2) is 29.1 Å². The average molecular weight is 160 g/mol. The van der Waals surface area contributed by atoms with E-state index in [-0.39, 0.29) is 6.42 Å². The Labute approximate surface area is 66.0 Å². The van der Waals surface area contributed by atoms with Crippen LogP contribution in [-0.2, 0) is 0 Å². The first kappa shape index (κ1) is 10.4. The van der Waals surface area contributed by atoms with Gasteiger partial charge in [0, 0.05) is 6.42 Å². The quantitative estimate of drug-likeness (QED) is 0.453. The molecule has 0 spiro atoms. The van der Waals surface area contributed by atoms with Gasteiger partial charge in [0.2, 0.25) is 0 Å². The fourth-order valence-corrected chi connectivity index (χ4v) is 0.715. The van der Waals surface area contributed by atoms with E-state index in [0.29, 0.717) is 12.8 Å². The molecule has 0 aliphatic heterocycles. The van der Waals surface area contributed by atoms with Crippen molar-refractivity contribution in [2.45, 2.75) is 24.9 Å². The van der Waals surface area contributed by atoms with Crippen LogP contribution in [0.4, 0.5) is 4.39 Å². The summed E-state index contributed by atoms with van der Waals surface area (Å²) >= 11 is 0. The van der Waals surface area contributed by atoms with Crippen molar-refractivity contribution in [3.05, 3.63) is 0 Å². The minimum absolute atomic E-state index is 0.115. The summed E-state index contributed by atoms with van der Waals surface area (Å²) in [6.45, 7) is -1.29. The number of halogens is 1. The number of hydrogen-bond acceptors (Lipinski definition) is 2. The maximum Gasteiger partial charge on any atom is 0.156 e. The van der Waals surface area contributed by atoms with Crippen molar-refractivity contribution < 1.29 is 14.6 Å². The van der Waals surface area contributed by atoms with Crippen LogP contribution in [0.5, 0.6) is 0 Å². The Morgan fingerprint density at radius 2 is 1.91 bits per heavy atom. The van der Waals surface area contributed by atoms with Gasteiger partial charge in [0.25, 0.3) is 0 Å². The predicted octanol–water partition coefficient (Wildman–Crippen LogP) is 0.483. The van der Waals surface area contributed by atoms with Gasteiger partial charge >= 0.3 is 0 Å². The minimum atomic E-state index is -1.85. The second kappa shape index (κ2) is 5.11. The van der Waals surface area contributed by atoms with Gasteiger partial charge < -0.3 is 10.2 Å². The number of unbranched alkanes of at least 4 members (excludes halogenated alkanes) is 1. The van der Waals surface area contributed by atoms with Gasteiger partial charge in [-0.05, 0) is 12.8 Å². The van der Waals surface area contributed by atoms with Crippen LogP contribution >= 0.6 is 0 Å². The lowest BCUT2D eigenvalue weighted by Gasteiger charge is -2.18. The lowest BCUT2D eigenvalue weighted by molar-refractivity contribution is 0.00860. The summed E-state index contributed by atoms with van der Waals surface area (Å²) in [5.74, 6) is 2.36. The summed E-state index contributed by atoms with van der Waals surface area (Å²) < 4.78 is 13.0. The lowest BCUT2D eigenvalue weighted by Crippen LogP contribution is -2.32. The molecule has 0 unspecified atom stereocenters. The van der Waals surface area contributed by atoms with Crippen LogP contribution in [0, 0.1) is 12.3 Å². The molecular formula is C8H13FO2. The Morgan fingerprint density at radius 1 is 1.36 bits per heavy atom. The summed E-state index contributed by atoms with van der Waals surface area (Å²) in [6, 6.07) is 0. The largest absolute Gasteiger partial charge is 0.393 e. The molecule has 0 aromatic rings. The number of aliphatic hydroxyl groups is 2. The van der Waals surface area contributed by atoms with Gasteiger partial charge in [-0.1, -0.05) is 0 Å². The van der Waals surface area contributed by atoms with E-state index in [0.717, 1.165) is 0 Å². The topological polar surface area (TPSA) is 40.5 Å². The monoisotopic (exact) mass is 160 g/mol. The second-order valence-electron chi connectivity index (χ2n) is 2.52. The van der Waals surface area contributed by atoms with E-state index in [1.807, 2.05) is 0 Å². The molecule has 0 saturated carbocycles. The molecule has 64 valence electrons. The highest BCUT2D eigenvalue weighted by Gasteiger charge is 2.26. The van der Waals surface area contributed by atoms with Crippen LogP contribution in [0.15, 0.2) is 0 Å². The molecule has 0 fully saturated rings. The molecule has 0 bridgehead atoms. The number of alkyl halides is 1. The fraction of sp³-hybridized carbons (Fsp3) is 0.750. The van der Waals surface area contributed by atoms with Gasteiger partial charge in [0.15, 0.2) is 5.67 Å². The first-order chi connectivity index (χ1) is 5.18. The zero-order valence-electron chi connectivity index (χ0n) is 6.39. The van der Waals surface area contributed by atoms with Crippen LogP contribution in [0.3, 0.4) is 0 Å². The first-order valence-corrected chi connectivity index (χ1v) is 3.52. The zero-order valence-corrected chi connectivity index (χ0v) is 6.39. The van der Waals surface area contributed by atoms with Gasteiger partial charge in [-0.25, -0.2) is 4.39 Å². The van der Waals surface area contributed by atoms with Gasteiger partial charge in [-0.2, -0.15) is 0 Å². The Balaban J connectivity index is 3.62. The van der Waals surface area contributed by atoms with E-state index in [9.17, 15) is 4.39 Å². The molecule has 0 saturated heterocycles. The van der Waals surface area contributed by atoms with Gasteiger partial charge in [-0.3, -0.25) is 0 Å². The normalized spacial score (nSPS) is 11.1. The van der Waals surface area contributed by atoms with Gasteiger partial charge in [0.1, 0.15) is 0 Å². The number of aliphatic hydroxyl groups excluding tert-OH is 2. The first-order valence-electron chi connectivity index (χ1n) is 3.52. The summed E-state index contributed by atoms with van der Waals surface area (Å²) in [5, 5.41) is 17.0. The maximum atomic E-state index is 13.0. The molecule has 0 amide bonds. The third-order valence-corrected chi connectivity index (χ3v) is 1.51. The second-order valence-corrected chi connectivity index (χ2v) is 2.52. The van der Waals surface area contributed by atoms with Crippen LogP contribution in [0.1, 0.15) is 19.3 Å². The number of hydrogen-bond donors (Lipinski definition) is 2. The van der Waals surface area contributed by atoms with Crippen molar-refractivity contribution in [1.82, 2.24) is 0 Å². The molecule has 2 nitrogen and oxygen atoms in total. The Hall–Kier alpha value is -0.590. The zero-order chi connectivity index (χ0) is 8.74. The summed E-state index contributed by atoms with van der Waals surface area (Å²) in [5.41, 5.74) is -1.85. The highest BCUT2D eigenvalue weighted by atomic mass is 19.1. The van der Waals surface area contributed by atoms with E-state index in [4.69, 9.17) is 16.6 Å².